The summed E-state index contributed by atoms with van der Waals surface area (Å²) >= 11 is 0. The molecule has 6 heteroatoms. The van der Waals surface area contributed by atoms with Crippen LogP contribution in [0.1, 0.15) is 13.8 Å². The smallest absolute Gasteiger partial charge is 0.237 e. The fourth-order valence-corrected chi connectivity index (χ4v) is 1.79. The minimum absolute atomic E-state index is 0.293. The van der Waals surface area contributed by atoms with Crippen molar-refractivity contribution in [3.8, 4) is 0 Å². The van der Waals surface area contributed by atoms with Gasteiger partial charge in [0.15, 0.2) is 5.96 Å². The number of nitrogens with two attached hydrogens (primary N) is 2. The summed E-state index contributed by atoms with van der Waals surface area (Å²) in [6.07, 6.45) is 0. The van der Waals surface area contributed by atoms with Gasteiger partial charge in [-0.2, -0.15) is 0 Å². The lowest BCUT2D eigenvalue weighted by Gasteiger charge is -2.42. The second kappa shape index (κ2) is 4.69. The van der Waals surface area contributed by atoms with E-state index in [4.69, 9.17) is 11.5 Å². The van der Waals surface area contributed by atoms with Crippen molar-refractivity contribution >= 4 is 11.9 Å². The van der Waals surface area contributed by atoms with E-state index >= 15 is 0 Å². The van der Waals surface area contributed by atoms with Crippen LogP contribution in [0.5, 0.6) is 0 Å². The Labute approximate surface area is 96.3 Å². The number of hydrogen-bond acceptors (Lipinski definition) is 3. The number of hydrogen-bond donors (Lipinski definition) is 2. The van der Waals surface area contributed by atoms with Gasteiger partial charge in [0.25, 0.3) is 0 Å². The zero-order valence-corrected chi connectivity index (χ0v) is 10.2. The van der Waals surface area contributed by atoms with E-state index in [0.717, 1.165) is 26.2 Å². The van der Waals surface area contributed by atoms with Gasteiger partial charge in [0.1, 0.15) is 0 Å². The third-order valence-corrected chi connectivity index (χ3v) is 3.23. The van der Waals surface area contributed by atoms with Gasteiger partial charge in [0, 0.05) is 33.2 Å². The molecule has 1 amide bonds. The average Bonchev–Trinajstić information content (AvgIpc) is 2.28. The summed E-state index contributed by atoms with van der Waals surface area (Å²) in [4.78, 5) is 19.3. The fraction of sp³-hybridized carbons (Fsp3) is 0.800. The normalized spacial score (nSPS) is 19.9. The quantitative estimate of drug-likeness (QED) is 0.459. The highest BCUT2D eigenvalue weighted by Gasteiger charge is 2.34. The Morgan fingerprint density at radius 2 is 1.69 bits per heavy atom. The van der Waals surface area contributed by atoms with Crippen molar-refractivity contribution in [3.05, 3.63) is 0 Å². The van der Waals surface area contributed by atoms with Gasteiger partial charge in [-0.1, -0.05) is 0 Å². The Morgan fingerprint density at radius 3 is 2.06 bits per heavy atom. The van der Waals surface area contributed by atoms with E-state index in [1.165, 1.54) is 0 Å². The van der Waals surface area contributed by atoms with Gasteiger partial charge in [-0.15, -0.1) is 0 Å². The number of carbonyl (C=O) groups is 1. The highest BCUT2D eigenvalue weighted by Crippen LogP contribution is 2.16. The third kappa shape index (κ3) is 2.44. The maximum absolute atomic E-state index is 11.3. The first-order valence-electron chi connectivity index (χ1n) is 5.41. The van der Waals surface area contributed by atoms with E-state index in [-0.39, 0.29) is 5.91 Å². The van der Waals surface area contributed by atoms with Crippen LogP contribution in [0.3, 0.4) is 0 Å². The maximum Gasteiger partial charge on any atom is 0.237 e. The standard InChI is InChI=1S/C10H21N5O/c1-10(2,8(11)16)15-6-4-14(5-7-15)9(12)13-3/h4-7H2,1-3H3,(H2,11,16)(H2,12,13). The number of aliphatic imine (C=N–C) groups is 1. The molecule has 1 heterocycles. The average molecular weight is 227 g/mol. The Hall–Kier alpha value is -1.30. The Bertz CT molecular complexity index is 292. The van der Waals surface area contributed by atoms with Crippen LogP contribution >= 0.6 is 0 Å². The molecule has 0 bridgehead atoms. The van der Waals surface area contributed by atoms with Crippen LogP contribution in [0.2, 0.25) is 0 Å². The lowest BCUT2D eigenvalue weighted by Crippen LogP contribution is -2.61. The number of nitrogens with zero attached hydrogens (tertiary/aromatic N) is 3. The van der Waals surface area contributed by atoms with Crippen LogP contribution in [0.15, 0.2) is 4.99 Å². The summed E-state index contributed by atoms with van der Waals surface area (Å²) in [6.45, 7) is 6.79. The Kier molecular flexibility index (Phi) is 3.74. The number of piperazine rings is 1. The van der Waals surface area contributed by atoms with E-state index in [0.29, 0.717) is 5.96 Å². The molecule has 1 aliphatic heterocycles. The van der Waals surface area contributed by atoms with Crippen LogP contribution in [0, 0.1) is 0 Å². The molecule has 1 rings (SSSR count). The SMILES string of the molecule is CN=C(N)N1CCN(C(C)(C)C(N)=O)CC1. The molecule has 0 atom stereocenters. The molecule has 0 aromatic heterocycles. The monoisotopic (exact) mass is 227 g/mol. The Balaban J connectivity index is 2.59. The Morgan fingerprint density at radius 1 is 1.19 bits per heavy atom. The maximum atomic E-state index is 11.3. The van der Waals surface area contributed by atoms with Crippen LogP contribution in [0.25, 0.3) is 0 Å². The molecule has 4 N–H and O–H groups in total. The number of carbonyl (C=O) groups excluding carboxylic acids is 1. The van der Waals surface area contributed by atoms with Crippen molar-refractivity contribution in [1.82, 2.24) is 9.80 Å². The molecule has 6 nitrogen and oxygen atoms in total. The molecule has 0 aliphatic carbocycles. The highest BCUT2D eigenvalue weighted by molar-refractivity contribution is 5.83. The van der Waals surface area contributed by atoms with E-state index in [1.54, 1.807) is 7.05 Å². The zero-order valence-electron chi connectivity index (χ0n) is 10.2. The van der Waals surface area contributed by atoms with Crippen molar-refractivity contribution in [3.63, 3.8) is 0 Å². The third-order valence-electron chi connectivity index (χ3n) is 3.23. The second-order valence-electron chi connectivity index (χ2n) is 4.48. The van der Waals surface area contributed by atoms with Crippen LogP contribution in [-0.4, -0.2) is 60.4 Å². The number of guanidine groups is 1. The highest BCUT2D eigenvalue weighted by atomic mass is 16.1. The minimum Gasteiger partial charge on any atom is -0.370 e. The van der Waals surface area contributed by atoms with Crippen LogP contribution in [-0.2, 0) is 4.79 Å². The van der Waals surface area contributed by atoms with Crippen molar-refractivity contribution in [1.29, 1.82) is 0 Å². The molecule has 0 aromatic carbocycles. The van der Waals surface area contributed by atoms with Crippen LogP contribution in [0.4, 0.5) is 0 Å². The largest absolute Gasteiger partial charge is 0.370 e. The first-order valence-corrected chi connectivity index (χ1v) is 5.41. The summed E-state index contributed by atoms with van der Waals surface area (Å²) in [6, 6.07) is 0. The summed E-state index contributed by atoms with van der Waals surface area (Å²) in [7, 11) is 1.68. The molecule has 0 unspecified atom stereocenters. The summed E-state index contributed by atoms with van der Waals surface area (Å²) < 4.78 is 0. The molecule has 1 saturated heterocycles. The van der Waals surface area contributed by atoms with Crippen molar-refractivity contribution < 1.29 is 4.79 Å². The molecule has 0 radical (unpaired) electrons. The van der Waals surface area contributed by atoms with Gasteiger partial charge < -0.3 is 16.4 Å². The zero-order chi connectivity index (χ0) is 12.3. The van der Waals surface area contributed by atoms with E-state index in [1.807, 2.05) is 18.7 Å². The predicted octanol–water partition coefficient (Wildman–Crippen LogP) is -1.19. The van der Waals surface area contributed by atoms with E-state index in [9.17, 15) is 4.79 Å². The first-order chi connectivity index (χ1) is 7.39. The summed E-state index contributed by atoms with van der Waals surface area (Å²) in [5.74, 6) is 0.259. The minimum atomic E-state index is -0.593. The molecule has 0 aromatic rings. The van der Waals surface area contributed by atoms with Crippen molar-refractivity contribution in [2.75, 3.05) is 33.2 Å². The molecule has 92 valence electrons. The summed E-state index contributed by atoms with van der Waals surface area (Å²) in [5.41, 5.74) is 10.5. The number of rotatable bonds is 2. The molecule has 1 aliphatic rings. The lowest BCUT2D eigenvalue weighted by molar-refractivity contribution is -0.129. The molecule has 16 heavy (non-hydrogen) atoms. The van der Waals surface area contributed by atoms with Gasteiger partial charge in [0.05, 0.1) is 5.54 Å². The van der Waals surface area contributed by atoms with E-state index < -0.39 is 5.54 Å². The van der Waals surface area contributed by atoms with Crippen molar-refractivity contribution in [2.45, 2.75) is 19.4 Å². The molecule has 0 spiro atoms. The molecule has 1 fully saturated rings. The number of primary amides is 1. The second-order valence-corrected chi connectivity index (χ2v) is 4.48. The van der Waals surface area contributed by atoms with Crippen LogP contribution < -0.4 is 11.5 Å². The lowest BCUT2D eigenvalue weighted by atomic mass is 10.0. The van der Waals surface area contributed by atoms with Gasteiger partial charge in [-0.25, -0.2) is 0 Å². The van der Waals surface area contributed by atoms with Gasteiger partial charge in [-0.05, 0) is 13.8 Å². The van der Waals surface area contributed by atoms with Gasteiger partial charge in [-0.3, -0.25) is 14.7 Å². The predicted molar refractivity (Wildman–Crippen MR) is 64.0 cm³/mol. The molecular weight excluding hydrogens is 206 g/mol. The fourth-order valence-electron chi connectivity index (χ4n) is 1.79. The van der Waals surface area contributed by atoms with E-state index in [2.05, 4.69) is 9.89 Å². The first kappa shape index (κ1) is 12.8. The topological polar surface area (TPSA) is 87.9 Å². The van der Waals surface area contributed by atoms with Gasteiger partial charge >= 0.3 is 0 Å². The molecule has 0 saturated carbocycles. The number of amides is 1. The van der Waals surface area contributed by atoms with Gasteiger partial charge in [0.2, 0.25) is 5.91 Å². The van der Waals surface area contributed by atoms with Crippen molar-refractivity contribution in [2.24, 2.45) is 16.5 Å². The summed E-state index contributed by atoms with van der Waals surface area (Å²) in [5, 5.41) is 0. The molecular formula is C10H21N5O.